The van der Waals surface area contributed by atoms with Gasteiger partial charge in [0.05, 0.1) is 16.2 Å². The molecule has 0 saturated carbocycles. The Balaban J connectivity index is 6.22. The molecule has 0 aromatic rings. The molecule has 0 heterocycles. The van der Waals surface area contributed by atoms with Gasteiger partial charge in [0, 0.05) is 6.92 Å². The molecule has 2 unspecified atom stereocenters. The standard InChI is InChI=1S/C22H40O14P2/c1-15(23)36-22(11,37(27,28)33-12-30-16(24)19(2,3)4)38(29,34-13-31-17(25)20(5,6)7)35-14-32-18(26)21(8,9)10/h12-14H2,1-11H3,(H,27,28). The molecule has 0 spiro atoms. The molecule has 0 amide bonds. The van der Waals surface area contributed by atoms with Crippen LogP contribution in [0, 0.1) is 16.2 Å². The van der Waals surface area contributed by atoms with Crippen LogP contribution in [-0.4, -0.2) is 54.2 Å². The summed E-state index contributed by atoms with van der Waals surface area (Å²) in [6, 6.07) is 0. The Bertz CT molecular complexity index is 934. The van der Waals surface area contributed by atoms with Crippen LogP contribution in [0.2, 0.25) is 0 Å². The van der Waals surface area contributed by atoms with Gasteiger partial charge in [-0.15, -0.1) is 0 Å². The second-order valence-electron chi connectivity index (χ2n) is 11.3. The lowest BCUT2D eigenvalue weighted by Crippen LogP contribution is -2.35. The minimum Gasteiger partial charge on any atom is -0.438 e. The van der Waals surface area contributed by atoms with E-state index in [1.807, 2.05) is 0 Å². The summed E-state index contributed by atoms with van der Waals surface area (Å²) >= 11 is 0. The molecule has 1 N–H and O–H groups in total. The fourth-order valence-electron chi connectivity index (χ4n) is 2.04. The summed E-state index contributed by atoms with van der Waals surface area (Å²) in [5.74, 6) is -3.60. The number of ether oxygens (including phenoxy) is 4. The van der Waals surface area contributed by atoms with Gasteiger partial charge in [0.1, 0.15) is 0 Å². The van der Waals surface area contributed by atoms with Crippen LogP contribution in [0.1, 0.15) is 76.2 Å². The van der Waals surface area contributed by atoms with Gasteiger partial charge in [0.2, 0.25) is 20.4 Å². The lowest BCUT2D eigenvalue weighted by atomic mass is 9.98. The maximum Gasteiger partial charge on any atom is 0.392 e. The van der Waals surface area contributed by atoms with Crippen LogP contribution in [0.5, 0.6) is 0 Å². The van der Waals surface area contributed by atoms with Crippen molar-refractivity contribution in [1.82, 2.24) is 0 Å². The lowest BCUT2D eigenvalue weighted by Gasteiger charge is -2.36. The van der Waals surface area contributed by atoms with E-state index in [4.69, 9.17) is 32.5 Å². The van der Waals surface area contributed by atoms with Gasteiger partial charge in [0.25, 0.3) is 0 Å². The summed E-state index contributed by atoms with van der Waals surface area (Å²) in [6.45, 7) is 12.0. The molecule has 2 atom stereocenters. The molecule has 0 saturated heterocycles. The monoisotopic (exact) mass is 590 g/mol. The second kappa shape index (κ2) is 13.0. The van der Waals surface area contributed by atoms with Gasteiger partial charge in [-0.05, 0) is 69.2 Å². The Morgan fingerprint density at radius 1 is 0.605 bits per heavy atom. The van der Waals surface area contributed by atoms with Gasteiger partial charge in [0.15, 0.2) is 0 Å². The summed E-state index contributed by atoms with van der Waals surface area (Å²) in [7, 11) is -10.6. The number of hydrogen-bond donors (Lipinski definition) is 1. The topological polar surface area (TPSA) is 187 Å². The van der Waals surface area contributed by atoms with Crippen LogP contribution >= 0.6 is 15.2 Å². The van der Waals surface area contributed by atoms with E-state index in [1.165, 1.54) is 62.3 Å². The highest BCUT2D eigenvalue weighted by Gasteiger charge is 2.65. The van der Waals surface area contributed by atoms with Crippen molar-refractivity contribution in [2.45, 2.75) is 81.2 Å². The average molecular weight is 590 g/mol. The third-order valence-electron chi connectivity index (χ3n) is 4.45. The first kappa shape index (κ1) is 36.2. The number of esters is 4. The minimum absolute atomic E-state index is 0.707. The zero-order valence-electron chi connectivity index (χ0n) is 23.8. The lowest BCUT2D eigenvalue weighted by molar-refractivity contribution is -0.164. The fourth-order valence-corrected chi connectivity index (χ4v) is 5.65. The molecule has 0 aliphatic carbocycles. The molecule has 0 aliphatic rings. The van der Waals surface area contributed by atoms with E-state index in [9.17, 15) is 33.2 Å². The van der Waals surface area contributed by atoms with E-state index in [2.05, 4.69) is 0 Å². The number of carbonyl (C=O) groups excluding carboxylic acids is 4. The Hall–Kier alpha value is -1.82. The van der Waals surface area contributed by atoms with Crippen molar-refractivity contribution in [1.29, 1.82) is 0 Å². The summed E-state index contributed by atoms with van der Waals surface area (Å²) in [5.41, 5.74) is -2.98. The predicted octanol–water partition coefficient (Wildman–Crippen LogP) is 4.29. The summed E-state index contributed by atoms with van der Waals surface area (Å²) in [6.07, 6.45) is 0. The Labute approximate surface area is 223 Å². The first-order valence-corrected chi connectivity index (χ1v) is 14.5. The van der Waals surface area contributed by atoms with Gasteiger partial charge in [-0.1, -0.05) is 0 Å². The van der Waals surface area contributed by atoms with Crippen molar-refractivity contribution in [3.63, 3.8) is 0 Å². The molecular formula is C22H40O14P2. The molecule has 38 heavy (non-hydrogen) atoms. The van der Waals surface area contributed by atoms with E-state index >= 15 is 0 Å². The van der Waals surface area contributed by atoms with Gasteiger partial charge >= 0.3 is 44.2 Å². The smallest absolute Gasteiger partial charge is 0.392 e. The molecule has 0 aromatic carbocycles. The summed E-state index contributed by atoms with van der Waals surface area (Å²) in [5, 5.41) is -3.09. The van der Waals surface area contributed by atoms with E-state index in [0.717, 1.165) is 6.92 Å². The molecule has 0 bridgehead atoms. The van der Waals surface area contributed by atoms with Crippen molar-refractivity contribution >= 4 is 39.1 Å². The van der Waals surface area contributed by atoms with Gasteiger partial charge in [-0.2, -0.15) is 0 Å². The average Bonchev–Trinajstić information content (AvgIpc) is 2.70. The Morgan fingerprint density at radius 3 is 1.16 bits per heavy atom. The van der Waals surface area contributed by atoms with E-state index in [0.29, 0.717) is 6.92 Å². The highest BCUT2D eigenvalue weighted by atomic mass is 31.2. The van der Waals surface area contributed by atoms with Crippen molar-refractivity contribution in [2.75, 3.05) is 20.4 Å². The van der Waals surface area contributed by atoms with Gasteiger partial charge in [-0.25, -0.2) is 0 Å². The van der Waals surface area contributed by atoms with Crippen molar-refractivity contribution in [3.8, 4) is 0 Å². The molecular weight excluding hydrogens is 550 g/mol. The van der Waals surface area contributed by atoms with E-state index in [-0.39, 0.29) is 0 Å². The maximum absolute atomic E-state index is 13.9. The molecule has 14 nitrogen and oxygen atoms in total. The fraction of sp³-hybridized carbons (Fsp3) is 0.818. The zero-order valence-corrected chi connectivity index (χ0v) is 25.6. The largest absolute Gasteiger partial charge is 0.438 e. The molecule has 222 valence electrons. The second-order valence-corrected chi connectivity index (χ2v) is 16.2. The number of hydrogen-bond acceptors (Lipinski definition) is 13. The SMILES string of the molecule is CC(=O)OC(C)(P(=O)(O)OCOC(=O)C(C)(C)C)P(=O)(OCOC(=O)C(C)(C)C)OCOC(=O)C(C)(C)C. The number of carbonyl (C=O) groups is 4. The van der Waals surface area contributed by atoms with Crippen LogP contribution in [0.25, 0.3) is 0 Å². The molecule has 0 fully saturated rings. The van der Waals surface area contributed by atoms with Crippen LogP contribution in [0.15, 0.2) is 0 Å². The highest BCUT2D eigenvalue weighted by molar-refractivity contribution is 7.73. The third-order valence-corrected chi connectivity index (χ3v) is 9.54. The zero-order chi connectivity index (χ0) is 30.4. The van der Waals surface area contributed by atoms with E-state index in [1.54, 1.807) is 0 Å². The van der Waals surface area contributed by atoms with Crippen LogP contribution < -0.4 is 0 Å². The van der Waals surface area contributed by atoms with Crippen molar-refractivity contribution in [3.05, 3.63) is 0 Å². The van der Waals surface area contributed by atoms with Crippen molar-refractivity contribution < 1.29 is 65.7 Å². The normalized spacial score (nSPS) is 16.0. The Morgan fingerprint density at radius 2 is 0.895 bits per heavy atom. The quantitative estimate of drug-likeness (QED) is 0.147. The summed E-state index contributed by atoms with van der Waals surface area (Å²) in [4.78, 5) is 58.8. The van der Waals surface area contributed by atoms with E-state index < -0.39 is 80.8 Å². The van der Waals surface area contributed by atoms with Gasteiger partial charge in [-0.3, -0.25) is 41.9 Å². The first-order chi connectivity index (χ1) is 16.8. The highest BCUT2D eigenvalue weighted by Crippen LogP contribution is 2.76. The van der Waals surface area contributed by atoms with Crippen LogP contribution in [0.4, 0.5) is 0 Å². The van der Waals surface area contributed by atoms with Crippen LogP contribution in [-0.2, 0) is 60.8 Å². The molecule has 16 heteroatoms. The van der Waals surface area contributed by atoms with Crippen LogP contribution in [0.3, 0.4) is 0 Å². The van der Waals surface area contributed by atoms with Crippen molar-refractivity contribution in [2.24, 2.45) is 16.2 Å². The minimum atomic E-state index is -5.41. The first-order valence-electron chi connectivity index (χ1n) is 11.4. The predicted molar refractivity (Wildman–Crippen MR) is 132 cm³/mol. The molecule has 0 aromatic heterocycles. The van der Waals surface area contributed by atoms with Gasteiger partial charge < -0.3 is 23.8 Å². The summed E-state index contributed by atoms with van der Waals surface area (Å²) < 4.78 is 61.8. The number of rotatable bonds is 12. The molecule has 0 radical (unpaired) electrons. The molecule has 0 aliphatic heterocycles. The molecule has 0 rings (SSSR count). The Kier molecular flexibility index (Phi) is 12.4. The maximum atomic E-state index is 13.9. The third kappa shape index (κ3) is 10.4.